The zero-order valence-electron chi connectivity index (χ0n) is 14.0. The molecule has 1 aliphatic heterocycles. The number of carbonyl (C=O) groups is 1. The fraction of sp³-hybridized carbons (Fsp3) is 0.933. The van der Waals surface area contributed by atoms with Gasteiger partial charge in [-0.1, -0.05) is 25.7 Å². The molecule has 1 saturated heterocycles. The van der Waals surface area contributed by atoms with Crippen LogP contribution >= 0.6 is 0 Å². The number of amides is 1. The molecule has 124 valence electrons. The summed E-state index contributed by atoms with van der Waals surface area (Å²) in [7, 11) is 0.402. The minimum absolute atomic E-state index is 0.285. The summed E-state index contributed by atoms with van der Waals surface area (Å²) in [6.07, 6.45) is 3.64. The van der Waals surface area contributed by atoms with Gasteiger partial charge in [0.25, 0.3) is 0 Å². The molecule has 0 aromatic carbocycles. The molecule has 5 nitrogen and oxygen atoms in total. The molecule has 1 heterocycles. The molecule has 0 aromatic rings. The number of hydrogen-bond acceptors (Lipinski definition) is 4. The summed E-state index contributed by atoms with van der Waals surface area (Å²) >= 11 is 0. The van der Waals surface area contributed by atoms with Gasteiger partial charge in [0.1, 0.15) is 6.61 Å². The van der Waals surface area contributed by atoms with Crippen molar-refractivity contribution in [3.63, 3.8) is 0 Å². The van der Waals surface area contributed by atoms with E-state index in [9.17, 15) is 4.79 Å². The molecule has 21 heavy (non-hydrogen) atoms. The minimum atomic E-state index is -1.16. The Kier molecular flexibility index (Phi) is 7.16. The average molecular weight is 317 g/mol. The van der Waals surface area contributed by atoms with Crippen molar-refractivity contribution in [2.24, 2.45) is 11.7 Å². The zero-order valence-corrected chi connectivity index (χ0v) is 15.0. The first-order valence-corrected chi connectivity index (χ1v) is 11.7. The maximum atomic E-state index is 11.3. The van der Waals surface area contributed by atoms with Crippen LogP contribution in [0.1, 0.15) is 25.7 Å². The molecule has 1 amide bonds. The summed E-state index contributed by atoms with van der Waals surface area (Å²) in [5.41, 5.74) is 6.17. The average Bonchev–Trinajstić information content (AvgIpc) is 2.43. The third-order valence-electron chi connectivity index (χ3n) is 4.02. The third-order valence-corrected chi connectivity index (χ3v) is 5.77. The normalized spacial score (nSPS) is 22.4. The monoisotopic (exact) mass is 316 g/mol. The lowest BCUT2D eigenvalue weighted by Gasteiger charge is -2.35. The molecule has 1 rings (SSSR count). The van der Waals surface area contributed by atoms with Crippen molar-refractivity contribution in [2.45, 2.75) is 56.9 Å². The lowest BCUT2D eigenvalue weighted by molar-refractivity contribution is 0.0321. The highest BCUT2D eigenvalue weighted by molar-refractivity contribution is 6.76. The molecule has 0 aliphatic carbocycles. The van der Waals surface area contributed by atoms with Crippen molar-refractivity contribution < 1.29 is 14.3 Å². The second-order valence-electron chi connectivity index (χ2n) is 7.54. The summed E-state index contributed by atoms with van der Waals surface area (Å²) in [6.45, 7) is 8.96. The number of ether oxygens (including phenoxy) is 2. The maximum absolute atomic E-state index is 11.3. The predicted molar refractivity (Wildman–Crippen MR) is 88.3 cm³/mol. The number of nitrogens with one attached hydrogen (secondary N) is 1. The topological polar surface area (TPSA) is 73.6 Å². The smallest absolute Gasteiger partial charge is 0.406 e. The molecular weight excluding hydrogens is 284 g/mol. The van der Waals surface area contributed by atoms with Gasteiger partial charge in [0.05, 0.1) is 5.54 Å². The molecule has 0 unspecified atom stereocenters. The highest BCUT2D eigenvalue weighted by atomic mass is 28.3. The van der Waals surface area contributed by atoms with E-state index in [1.54, 1.807) is 7.05 Å². The Hall–Kier alpha value is -0.593. The van der Waals surface area contributed by atoms with Gasteiger partial charge in [-0.25, -0.2) is 4.79 Å². The second kappa shape index (κ2) is 8.15. The quantitative estimate of drug-likeness (QED) is 0.708. The van der Waals surface area contributed by atoms with E-state index in [0.29, 0.717) is 5.92 Å². The van der Waals surface area contributed by atoms with Crippen LogP contribution < -0.4 is 11.1 Å². The summed E-state index contributed by atoms with van der Waals surface area (Å²) in [6, 6.07) is 1.15. The molecule has 1 fully saturated rings. The van der Waals surface area contributed by atoms with Crippen molar-refractivity contribution in [1.29, 1.82) is 0 Å². The number of nitrogens with two attached hydrogens (primary N) is 1. The molecular formula is C15H32N2O3Si. The van der Waals surface area contributed by atoms with Crippen LogP contribution in [0.4, 0.5) is 4.79 Å². The van der Waals surface area contributed by atoms with Gasteiger partial charge in [-0.05, 0) is 31.6 Å². The van der Waals surface area contributed by atoms with Gasteiger partial charge in [0, 0.05) is 28.3 Å². The van der Waals surface area contributed by atoms with Gasteiger partial charge in [-0.3, -0.25) is 0 Å². The highest BCUT2D eigenvalue weighted by Crippen LogP contribution is 2.28. The maximum Gasteiger partial charge on any atom is 0.406 e. The van der Waals surface area contributed by atoms with E-state index in [4.69, 9.17) is 15.2 Å². The zero-order chi connectivity index (χ0) is 15.9. The Morgan fingerprint density at radius 3 is 2.71 bits per heavy atom. The Morgan fingerprint density at radius 1 is 1.48 bits per heavy atom. The van der Waals surface area contributed by atoms with Gasteiger partial charge in [-0.15, -0.1) is 0 Å². The van der Waals surface area contributed by atoms with Crippen molar-refractivity contribution in [1.82, 2.24) is 5.32 Å². The van der Waals surface area contributed by atoms with Crippen molar-refractivity contribution >= 4 is 14.2 Å². The fourth-order valence-electron chi connectivity index (χ4n) is 2.68. The van der Waals surface area contributed by atoms with Gasteiger partial charge < -0.3 is 20.5 Å². The molecule has 0 bridgehead atoms. The van der Waals surface area contributed by atoms with Crippen molar-refractivity contribution in [2.75, 3.05) is 26.9 Å². The van der Waals surface area contributed by atoms with Crippen LogP contribution in [-0.4, -0.2) is 46.6 Å². The standard InChI is InChI=1S/C15H32N2O3Si/c1-17-14(18)20-12-15(16,7-9-21(2,3)4)10-13-6-5-8-19-11-13/h13H,5-12,16H2,1-4H3,(H,17,18)/t13-,15-/m1/s1. The summed E-state index contributed by atoms with van der Waals surface area (Å²) < 4.78 is 10.8. The van der Waals surface area contributed by atoms with Crippen molar-refractivity contribution in [3.8, 4) is 0 Å². The highest BCUT2D eigenvalue weighted by Gasteiger charge is 2.33. The lowest BCUT2D eigenvalue weighted by atomic mass is 9.84. The van der Waals surface area contributed by atoms with Crippen LogP contribution in [0.25, 0.3) is 0 Å². The van der Waals surface area contributed by atoms with E-state index in [0.717, 1.165) is 44.9 Å². The first kappa shape index (κ1) is 18.5. The Morgan fingerprint density at radius 2 is 2.19 bits per heavy atom. The molecule has 6 heteroatoms. The molecule has 0 aromatic heterocycles. The first-order chi connectivity index (χ1) is 9.74. The van der Waals surface area contributed by atoms with Crippen LogP contribution in [-0.2, 0) is 9.47 Å². The third kappa shape index (κ3) is 7.83. The number of hydrogen-bond donors (Lipinski definition) is 2. The van der Waals surface area contributed by atoms with Crippen LogP contribution in [0.2, 0.25) is 25.7 Å². The lowest BCUT2D eigenvalue weighted by Crippen LogP contribution is -2.49. The fourth-order valence-corrected chi connectivity index (χ4v) is 3.93. The van der Waals surface area contributed by atoms with E-state index in [1.165, 1.54) is 0 Å². The summed E-state index contributed by atoms with van der Waals surface area (Å²) in [5, 5.41) is 2.48. The SMILES string of the molecule is CNC(=O)OC[C@@](N)(CC[Si](C)(C)C)C[C@H]1CCCOC1. The van der Waals surface area contributed by atoms with Crippen LogP contribution in [0.5, 0.6) is 0 Å². The Balaban J connectivity index is 2.59. The van der Waals surface area contributed by atoms with E-state index in [1.807, 2.05) is 0 Å². The van der Waals surface area contributed by atoms with E-state index in [-0.39, 0.29) is 6.61 Å². The number of carbonyl (C=O) groups excluding carboxylic acids is 1. The largest absolute Gasteiger partial charge is 0.448 e. The minimum Gasteiger partial charge on any atom is -0.448 e. The van der Waals surface area contributed by atoms with E-state index in [2.05, 4.69) is 25.0 Å². The van der Waals surface area contributed by atoms with Crippen molar-refractivity contribution in [3.05, 3.63) is 0 Å². The second-order valence-corrected chi connectivity index (χ2v) is 13.2. The van der Waals surface area contributed by atoms with E-state index < -0.39 is 19.7 Å². The van der Waals surface area contributed by atoms with E-state index >= 15 is 0 Å². The van der Waals surface area contributed by atoms with Crippen LogP contribution in [0, 0.1) is 5.92 Å². The van der Waals surface area contributed by atoms with Crippen LogP contribution in [0.15, 0.2) is 0 Å². The molecule has 0 saturated carbocycles. The van der Waals surface area contributed by atoms with Gasteiger partial charge in [0.2, 0.25) is 0 Å². The molecule has 2 atom stereocenters. The Bertz CT molecular complexity index is 327. The first-order valence-electron chi connectivity index (χ1n) is 7.95. The Labute approximate surface area is 130 Å². The number of alkyl carbamates (subject to hydrolysis) is 1. The molecule has 1 aliphatic rings. The van der Waals surface area contributed by atoms with Gasteiger partial charge in [0.15, 0.2) is 0 Å². The molecule has 0 radical (unpaired) electrons. The predicted octanol–water partition coefficient (Wildman–Crippen LogP) is 2.58. The summed E-state index contributed by atoms with van der Waals surface area (Å²) in [4.78, 5) is 11.3. The molecule has 0 spiro atoms. The van der Waals surface area contributed by atoms with Crippen LogP contribution in [0.3, 0.4) is 0 Å². The molecule has 3 N–H and O–H groups in total. The van der Waals surface area contributed by atoms with Gasteiger partial charge >= 0.3 is 6.09 Å². The summed E-state index contributed by atoms with van der Waals surface area (Å²) in [5.74, 6) is 0.485. The number of rotatable bonds is 7. The van der Waals surface area contributed by atoms with Gasteiger partial charge in [-0.2, -0.15) is 0 Å².